The van der Waals surface area contributed by atoms with Crippen LogP contribution in [-0.2, 0) is 4.79 Å². The molecule has 2 aromatic carbocycles. The van der Waals surface area contributed by atoms with Gasteiger partial charge in [0.25, 0.3) is 5.91 Å². The maximum absolute atomic E-state index is 13.2. The van der Waals surface area contributed by atoms with E-state index in [0.29, 0.717) is 18.5 Å². The number of fused-ring (bicyclic) bond motifs is 1. The van der Waals surface area contributed by atoms with Crippen LogP contribution < -0.4 is 5.32 Å². The summed E-state index contributed by atoms with van der Waals surface area (Å²) in [5, 5.41) is 20.9. The molecule has 2 aliphatic carbocycles. The summed E-state index contributed by atoms with van der Waals surface area (Å²) in [5.74, 6) is 0.0657. The molecule has 0 atom stereocenters. The van der Waals surface area contributed by atoms with Crippen LogP contribution in [0.2, 0.25) is 0 Å². The van der Waals surface area contributed by atoms with E-state index in [4.69, 9.17) is 0 Å². The predicted molar refractivity (Wildman–Crippen MR) is 129 cm³/mol. The average Bonchev–Trinajstić information content (AvgIpc) is 3.24. The van der Waals surface area contributed by atoms with Crippen molar-refractivity contribution in [3.63, 3.8) is 0 Å². The van der Waals surface area contributed by atoms with Crippen LogP contribution in [0, 0.1) is 11.3 Å². The highest BCUT2D eigenvalue weighted by atomic mass is 16.3. The van der Waals surface area contributed by atoms with E-state index >= 15 is 0 Å². The van der Waals surface area contributed by atoms with Gasteiger partial charge in [0.05, 0.1) is 11.6 Å². The number of H-pyrrole nitrogens is 1. The minimum atomic E-state index is -0.304. The summed E-state index contributed by atoms with van der Waals surface area (Å²) < 4.78 is 0. The fraction of sp³-hybridized carbons (Fsp3) is 0.444. The zero-order valence-electron chi connectivity index (χ0n) is 19.2. The van der Waals surface area contributed by atoms with Crippen LogP contribution in [0.25, 0.3) is 22.0 Å². The summed E-state index contributed by atoms with van der Waals surface area (Å²) in [5.41, 5.74) is 3.77. The molecule has 2 amide bonds. The molecule has 3 N–H and O–H groups in total. The normalized spacial score (nSPS) is 24.0. The second-order valence-corrected chi connectivity index (χ2v) is 10.5. The minimum Gasteiger partial charge on any atom is -0.393 e. The van der Waals surface area contributed by atoms with Gasteiger partial charge in [-0.25, -0.2) is 0 Å². The predicted octanol–water partition coefficient (Wildman–Crippen LogP) is 3.50. The summed E-state index contributed by atoms with van der Waals surface area (Å²) >= 11 is 0. The molecule has 6 rings (SSSR count). The van der Waals surface area contributed by atoms with Gasteiger partial charge in [0, 0.05) is 35.9 Å². The molecule has 7 nitrogen and oxygen atoms in total. The smallest absolute Gasteiger partial charge is 0.275 e. The van der Waals surface area contributed by atoms with Crippen molar-refractivity contribution in [3.05, 3.63) is 54.2 Å². The first-order valence-electron chi connectivity index (χ1n) is 12.3. The van der Waals surface area contributed by atoms with Gasteiger partial charge >= 0.3 is 0 Å². The van der Waals surface area contributed by atoms with E-state index in [1.54, 1.807) is 0 Å². The number of carbonyl (C=O) groups is 2. The standard InChI is InChI=1S/C27H30N4O3/c32-21-12-19(13-21)25(33)28-20-8-10-27(11-9-20)15-31(16-27)26(34)24-22-7-6-18(14-23(22)29-30-24)17-4-2-1-3-5-17/h1-7,14,19-21,32H,8-13,15-16H2,(H,28,33)(H,29,30). The first-order valence-corrected chi connectivity index (χ1v) is 12.3. The third-order valence-electron chi connectivity index (χ3n) is 8.09. The number of aliphatic hydroxyl groups is 1. The van der Waals surface area contributed by atoms with E-state index in [1.165, 1.54) is 0 Å². The number of rotatable bonds is 4. The van der Waals surface area contributed by atoms with Gasteiger partial charge in [-0.15, -0.1) is 0 Å². The Bertz CT molecular complexity index is 1220. The molecule has 1 spiro atoms. The minimum absolute atomic E-state index is 0.0108. The SMILES string of the molecule is O=C(NC1CCC2(CC1)CN(C(=O)c1n[nH]c3cc(-c4ccccc4)ccc13)C2)C1CC(O)C1. The molecule has 0 unspecified atom stereocenters. The van der Waals surface area contributed by atoms with Crippen molar-refractivity contribution in [2.75, 3.05) is 13.1 Å². The van der Waals surface area contributed by atoms with Crippen molar-refractivity contribution in [1.82, 2.24) is 20.4 Å². The number of benzene rings is 2. The molecule has 3 fully saturated rings. The lowest BCUT2D eigenvalue weighted by molar-refractivity contribution is -0.132. The Morgan fingerprint density at radius 3 is 2.47 bits per heavy atom. The van der Waals surface area contributed by atoms with Crippen molar-refractivity contribution in [2.24, 2.45) is 11.3 Å². The number of carbonyl (C=O) groups excluding carboxylic acids is 2. The number of aromatic nitrogens is 2. The second-order valence-electron chi connectivity index (χ2n) is 10.5. The Labute approximate surface area is 198 Å². The lowest BCUT2D eigenvalue weighted by atomic mass is 9.67. The first-order chi connectivity index (χ1) is 16.5. The van der Waals surface area contributed by atoms with Crippen LogP contribution in [0.4, 0.5) is 0 Å². The molecule has 2 saturated carbocycles. The summed E-state index contributed by atoms with van der Waals surface area (Å²) in [4.78, 5) is 27.4. The van der Waals surface area contributed by atoms with Crippen LogP contribution in [0.1, 0.15) is 49.0 Å². The molecule has 1 saturated heterocycles. The number of hydrogen-bond acceptors (Lipinski definition) is 4. The molecule has 1 aliphatic heterocycles. The number of aromatic amines is 1. The van der Waals surface area contributed by atoms with Gasteiger partial charge < -0.3 is 15.3 Å². The van der Waals surface area contributed by atoms with Crippen molar-refractivity contribution in [1.29, 1.82) is 0 Å². The van der Waals surface area contributed by atoms with Crippen LogP contribution >= 0.6 is 0 Å². The van der Waals surface area contributed by atoms with Crippen LogP contribution in [0.5, 0.6) is 0 Å². The molecule has 3 aliphatic rings. The number of nitrogens with zero attached hydrogens (tertiary/aromatic N) is 2. The summed E-state index contributed by atoms with van der Waals surface area (Å²) in [6.07, 6.45) is 4.84. The Morgan fingerprint density at radius 1 is 1.03 bits per heavy atom. The number of hydrogen-bond donors (Lipinski definition) is 3. The molecule has 7 heteroatoms. The molecule has 0 bridgehead atoms. The van der Waals surface area contributed by atoms with Gasteiger partial charge in [0.15, 0.2) is 5.69 Å². The molecular formula is C27H30N4O3. The van der Waals surface area contributed by atoms with E-state index in [1.807, 2.05) is 41.3 Å². The highest BCUT2D eigenvalue weighted by Gasteiger charge is 2.48. The Hall–Kier alpha value is -3.19. The molecule has 3 aromatic rings. The van der Waals surface area contributed by atoms with Gasteiger partial charge in [-0.1, -0.05) is 36.4 Å². The largest absolute Gasteiger partial charge is 0.393 e. The van der Waals surface area contributed by atoms with Crippen molar-refractivity contribution in [2.45, 2.75) is 50.7 Å². The lowest BCUT2D eigenvalue weighted by Crippen LogP contribution is -2.60. The molecule has 0 radical (unpaired) electrons. The van der Waals surface area contributed by atoms with E-state index in [-0.39, 0.29) is 35.3 Å². The lowest BCUT2D eigenvalue weighted by Gasteiger charge is -2.53. The summed E-state index contributed by atoms with van der Waals surface area (Å²) in [6.45, 7) is 1.52. The molecule has 1 aromatic heterocycles. The molecular weight excluding hydrogens is 428 g/mol. The highest BCUT2D eigenvalue weighted by molar-refractivity contribution is 6.05. The van der Waals surface area contributed by atoms with Gasteiger partial charge in [-0.2, -0.15) is 5.10 Å². The van der Waals surface area contributed by atoms with Gasteiger partial charge in [0.2, 0.25) is 5.91 Å². The van der Waals surface area contributed by atoms with E-state index in [2.05, 4.69) is 27.6 Å². The molecule has 176 valence electrons. The number of amides is 2. The van der Waals surface area contributed by atoms with Crippen molar-refractivity contribution >= 4 is 22.7 Å². The van der Waals surface area contributed by atoms with Crippen LogP contribution in [0.15, 0.2) is 48.5 Å². The van der Waals surface area contributed by atoms with Crippen LogP contribution in [-0.4, -0.2) is 57.3 Å². The number of nitrogens with one attached hydrogen (secondary N) is 2. The zero-order valence-corrected chi connectivity index (χ0v) is 19.2. The topological polar surface area (TPSA) is 98.3 Å². The third-order valence-corrected chi connectivity index (χ3v) is 8.09. The van der Waals surface area contributed by atoms with Crippen molar-refractivity contribution < 1.29 is 14.7 Å². The Balaban J connectivity index is 1.06. The number of likely N-dealkylation sites (tertiary alicyclic amines) is 1. The zero-order chi connectivity index (χ0) is 23.3. The Morgan fingerprint density at radius 2 is 1.76 bits per heavy atom. The van der Waals surface area contributed by atoms with Gasteiger partial charge in [0.1, 0.15) is 0 Å². The quantitative estimate of drug-likeness (QED) is 0.557. The van der Waals surface area contributed by atoms with E-state index < -0.39 is 0 Å². The maximum Gasteiger partial charge on any atom is 0.275 e. The first kappa shape index (κ1) is 21.4. The maximum atomic E-state index is 13.2. The third kappa shape index (κ3) is 3.78. The molecule has 34 heavy (non-hydrogen) atoms. The van der Waals surface area contributed by atoms with E-state index in [9.17, 15) is 14.7 Å². The fourth-order valence-corrected chi connectivity index (χ4v) is 5.86. The fourth-order valence-electron chi connectivity index (χ4n) is 5.86. The van der Waals surface area contributed by atoms with Gasteiger partial charge in [-0.3, -0.25) is 14.7 Å². The molecule has 2 heterocycles. The van der Waals surface area contributed by atoms with Gasteiger partial charge in [-0.05, 0) is 61.8 Å². The summed E-state index contributed by atoms with van der Waals surface area (Å²) in [6, 6.07) is 16.5. The van der Waals surface area contributed by atoms with Crippen molar-refractivity contribution in [3.8, 4) is 11.1 Å². The highest BCUT2D eigenvalue weighted by Crippen LogP contribution is 2.44. The van der Waals surface area contributed by atoms with E-state index in [0.717, 1.165) is 60.8 Å². The Kier molecular flexibility index (Phi) is 5.17. The van der Waals surface area contributed by atoms with Crippen LogP contribution in [0.3, 0.4) is 0 Å². The monoisotopic (exact) mass is 458 g/mol. The second kappa shape index (κ2) is 8.24. The average molecular weight is 459 g/mol. The summed E-state index contributed by atoms with van der Waals surface area (Å²) in [7, 11) is 0. The number of aliphatic hydroxyl groups excluding tert-OH is 1.